The van der Waals surface area contributed by atoms with Crippen LogP contribution in [0.2, 0.25) is 0 Å². The van der Waals surface area contributed by atoms with E-state index in [4.69, 9.17) is 9.47 Å². The maximum absolute atomic E-state index is 12.8. The molecule has 0 amide bonds. The van der Waals surface area contributed by atoms with Gasteiger partial charge in [-0.25, -0.2) is 4.98 Å². The minimum Gasteiger partial charge on any atom is -0.610 e. The van der Waals surface area contributed by atoms with Crippen molar-refractivity contribution in [1.82, 2.24) is 14.5 Å². The summed E-state index contributed by atoms with van der Waals surface area (Å²) < 4.78 is 24.3. The molecule has 7 nitrogen and oxygen atoms in total. The zero-order chi connectivity index (χ0) is 15.7. The lowest BCUT2D eigenvalue weighted by Crippen LogP contribution is -2.32. The number of hydrogen-bond acceptors (Lipinski definition) is 7. The lowest BCUT2D eigenvalue weighted by atomic mass is 10.1. The van der Waals surface area contributed by atoms with Crippen LogP contribution in [0.4, 0.5) is 0 Å². The van der Waals surface area contributed by atoms with Gasteiger partial charge in [0.2, 0.25) is 0 Å². The Balaban J connectivity index is 2.16. The van der Waals surface area contributed by atoms with E-state index in [0.29, 0.717) is 33.7 Å². The van der Waals surface area contributed by atoms with Crippen LogP contribution in [0.5, 0.6) is 0 Å². The van der Waals surface area contributed by atoms with E-state index in [0.717, 1.165) is 12.8 Å². The van der Waals surface area contributed by atoms with E-state index in [1.807, 2.05) is 0 Å². The topological polar surface area (TPSA) is 89.3 Å². The van der Waals surface area contributed by atoms with Gasteiger partial charge in [0, 0.05) is 37.5 Å². The molecule has 1 aliphatic rings. The van der Waals surface area contributed by atoms with Gasteiger partial charge in [0.25, 0.3) is 5.56 Å². The van der Waals surface area contributed by atoms with Crippen LogP contribution in [0.25, 0.3) is 10.3 Å². The molecule has 1 saturated heterocycles. The van der Waals surface area contributed by atoms with E-state index in [9.17, 15) is 9.35 Å². The number of aromatic nitrogens is 3. The third-order valence-electron chi connectivity index (χ3n) is 3.60. The maximum atomic E-state index is 12.8. The summed E-state index contributed by atoms with van der Waals surface area (Å²) in [6, 6.07) is 0.0422. The van der Waals surface area contributed by atoms with Gasteiger partial charge in [-0.2, -0.15) is 4.98 Å². The lowest BCUT2D eigenvalue weighted by molar-refractivity contribution is 0.0652. The van der Waals surface area contributed by atoms with Crippen molar-refractivity contribution in [3.05, 3.63) is 16.2 Å². The van der Waals surface area contributed by atoms with E-state index in [1.54, 1.807) is 17.9 Å². The summed E-state index contributed by atoms with van der Waals surface area (Å²) >= 11 is -0.0246. The fourth-order valence-corrected chi connectivity index (χ4v) is 4.19. The fraction of sp³-hybridized carbons (Fsp3) is 0.615. The van der Waals surface area contributed by atoms with Crippen molar-refractivity contribution in [1.29, 1.82) is 0 Å². The molecule has 0 bridgehead atoms. The first-order valence-corrected chi connectivity index (χ1v) is 9.31. The monoisotopic (exact) mass is 343 g/mol. The molecule has 0 aromatic carbocycles. The van der Waals surface area contributed by atoms with Crippen LogP contribution >= 0.6 is 11.3 Å². The van der Waals surface area contributed by atoms with Crippen molar-refractivity contribution in [3.8, 4) is 0 Å². The van der Waals surface area contributed by atoms with Crippen LogP contribution in [0.3, 0.4) is 0 Å². The summed E-state index contributed by atoms with van der Waals surface area (Å²) in [4.78, 5) is 22.1. The summed E-state index contributed by atoms with van der Waals surface area (Å²) in [6.45, 7) is 1.51. The van der Waals surface area contributed by atoms with Crippen molar-refractivity contribution in [3.63, 3.8) is 0 Å². The van der Waals surface area contributed by atoms with Crippen molar-refractivity contribution in [2.24, 2.45) is 0 Å². The second-order valence-corrected chi connectivity index (χ2v) is 7.60. The van der Waals surface area contributed by atoms with Crippen molar-refractivity contribution in [2.45, 2.75) is 29.8 Å². The molecule has 120 valence electrons. The highest BCUT2D eigenvalue weighted by atomic mass is 32.2. The van der Waals surface area contributed by atoms with E-state index in [1.165, 1.54) is 11.3 Å². The molecular weight excluding hydrogens is 326 g/mol. The van der Waals surface area contributed by atoms with Gasteiger partial charge in [0.1, 0.15) is 18.7 Å². The molecule has 3 heterocycles. The Labute approximate surface area is 134 Å². The number of hydrogen-bond donors (Lipinski definition) is 0. The first kappa shape index (κ1) is 15.9. The molecule has 2 aromatic rings. The Hall–Kier alpha value is -1.00. The third-order valence-corrected chi connectivity index (χ3v) is 5.88. The Morgan fingerprint density at radius 1 is 1.45 bits per heavy atom. The van der Waals surface area contributed by atoms with Crippen LogP contribution in [-0.4, -0.2) is 45.7 Å². The number of ether oxygens (including phenoxy) is 2. The third kappa shape index (κ3) is 2.91. The maximum Gasteiger partial charge on any atom is 0.304 e. The number of rotatable bonds is 4. The van der Waals surface area contributed by atoms with Crippen molar-refractivity contribution in [2.75, 3.05) is 26.6 Å². The summed E-state index contributed by atoms with van der Waals surface area (Å²) in [7, 11) is 1.57. The second kappa shape index (κ2) is 6.63. The van der Waals surface area contributed by atoms with Crippen molar-refractivity contribution >= 4 is 32.9 Å². The van der Waals surface area contributed by atoms with Gasteiger partial charge in [0.05, 0.1) is 0 Å². The predicted octanol–water partition coefficient (Wildman–Crippen LogP) is 1.09. The lowest BCUT2D eigenvalue weighted by Gasteiger charge is -2.25. The van der Waals surface area contributed by atoms with Gasteiger partial charge in [-0.05, 0) is 24.2 Å². The van der Waals surface area contributed by atoms with E-state index in [-0.39, 0.29) is 18.2 Å². The highest BCUT2D eigenvalue weighted by Gasteiger charge is 2.25. The zero-order valence-corrected chi connectivity index (χ0v) is 14.0. The average molecular weight is 343 g/mol. The molecule has 0 spiro atoms. The largest absolute Gasteiger partial charge is 0.610 e. The SMILES string of the molecule is COCc1nc2sc([S+](C)[O-])nc2c(=O)n1C1CCOCC1. The molecule has 2 aromatic heterocycles. The molecule has 9 heteroatoms. The molecule has 1 unspecified atom stereocenters. The number of nitrogens with zero attached hydrogens (tertiary/aromatic N) is 3. The Morgan fingerprint density at radius 2 is 2.18 bits per heavy atom. The van der Waals surface area contributed by atoms with Gasteiger partial charge in [-0.15, -0.1) is 0 Å². The number of thiazole rings is 1. The smallest absolute Gasteiger partial charge is 0.304 e. The molecular formula is C13H17N3O4S2. The van der Waals surface area contributed by atoms with Gasteiger partial charge >= 0.3 is 4.34 Å². The van der Waals surface area contributed by atoms with E-state index in [2.05, 4.69) is 9.97 Å². The molecule has 3 rings (SSSR count). The Morgan fingerprint density at radius 3 is 2.82 bits per heavy atom. The van der Waals surface area contributed by atoms with Crippen LogP contribution < -0.4 is 5.56 Å². The highest BCUT2D eigenvalue weighted by molar-refractivity contribution is 7.92. The zero-order valence-electron chi connectivity index (χ0n) is 12.4. The van der Waals surface area contributed by atoms with Gasteiger partial charge in [-0.1, -0.05) is 0 Å². The summed E-state index contributed by atoms with van der Waals surface area (Å²) in [5.41, 5.74) is 0.110. The fourth-order valence-electron chi connectivity index (χ4n) is 2.58. The Bertz CT molecular complexity index is 722. The summed E-state index contributed by atoms with van der Waals surface area (Å²) in [5, 5.41) is 0. The molecule has 1 aliphatic heterocycles. The summed E-state index contributed by atoms with van der Waals surface area (Å²) in [6.07, 6.45) is 3.08. The normalized spacial score (nSPS) is 18.0. The van der Waals surface area contributed by atoms with Crippen molar-refractivity contribution < 1.29 is 14.0 Å². The molecule has 1 atom stereocenters. The van der Waals surface area contributed by atoms with Crippen LogP contribution in [-0.2, 0) is 27.3 Å². The first-order chi connectivity index (χ1) is 10.6. The average Bonchev–Trinajstić information content (AvgIpc) is 2.93. The molecule has 0 N–H and O–H groups in total. The minimum absolute atomic E-state index is 0.0422. The van der Waals surface area contributed by atoms with Gasteiger partial charge < -0.3 is 14.0 Å². The molecule has 22 heavy (non-hydrogen) atoms. The van der Waals surface area contributed by atoms with Gasteiger partial charge in [0.15, 0.2) is 10.3 Å². The molecule has 0 saturated carbocycles. The minimum atomic E-state index is -1.22. The molecule has 1 fully saturated rings. The van der Waals surface area contributed by atoms with Crippen LogP contribution in [0.1, 0.15) is 24.7 Å². The highest BCUT2D eigenvalue weighted by Crippen LogP contribution is 2.25. The van der Waals surface area contributed by atoms with E-state index >= 15 is 0 Å². The summed E-state index contributed by atoms with van der Waals surface area (Å²) in [5.74, 6) is 0.587. The van der Waals surface area contributed by atoms with Crippen LogP contribution in [0, 0.1) is 0 Å². The standard InChI is InChI=1S/C13H17N3O4S2/c1-19-7-9-14-11-10(15-13(21-11)22(2)18)12(17)16(9)8-3-5-20-6-4-8/h8H,3-7H2,1-2H3. The number of methoxy groups -OCH3 is 1. The second-order valence-electron chi connectivity index (χ2n) is 5.07. The predicted molar refractivity (Wildman–Crippen MR) is 83.8 cm³/mol. The van der Waals surface area contributed by atoms with E-state index < -0.39 is 11.2 Å². The quantitative estimate of drug-likeness (QED) is 0.772. The Kier molecular flexibility index (Phi) is 4.79. The first-order valence-electron chi connectivity index (χ1n) is 6.94. The molecule has 0 radical (unpaired) electrons. The number of fused-ring (bicyclic) bond motifs is 1. The molecule has 0 aliphatic carbocycles. The van der Waals surface area contributed by atoms with Crippen LogP contribution in [0.15, 0.2) is 9.13 Å². The van der Waals surface area contributed by atoms with Gasteiger partial charge in [-0.3, -0.25) is 9.36 Å².